The number of hydrogen-bond acceptors (Lipinski definition) is 9. The molecule has 9 nitrogen and oxygen atoms in total. The van der Waals surface area contributed by atoms with Gasteiger partial charge < -0.3 is 23.7 Å². The molecule has 0 amide bonds. The summed E-state index contributed by atoms with van der Waals surface area (Å²) in [4.78, 5) is 32.3. The lowest BCUT2D eigenvalue weighted by Crippen LogP contribution is -2.39. The molecule has 0 saturated heterocycles. The number of nitrogens with zero attached hydrogens (tertiary/aromatic N) is 2. The van der Waals surface area contributed by atoms with Crippen LogP contribution in [-0.4, -0.2) is 31.0 Å². The summed E-state index contributed by atoms with van der Waals surface area (Å²) in [6, 6.07) is 16.4. The molecule has 0 spiro atoms. The van der Waals surface area contributed by atoms with Crippen LogP contribution >= 0.6 is 27.3 Å². The van der Waals surface area contributed by atoms with E-state index >= 15 is 0 Å². The van der Waals surface area contributed by atoms with E-state index in [1.165, 1.54) is 11.3 Å². The maximum absolute atomic E-state index is 14.0. The van der Waals surface area contributed by atoms with E-state index in [9.17, 15) is 9.59 Å². The minimum absolute atomic E-state index is 0.207. The lowest BCUT2D eigenvalue weighted by atomic mass is 9.95. The van der Waals surface area contributed by atoms with Crippen molar-refractivity contribution in [2.75, 3.05) is 20.5 Å². The summed E-state index contributed by atoms with van der Waals surface area (Å²) in [7, 11) is 1.57. The van der Waals surface area contributed by atoms with Crippen LogP contribution in [0.15, 0.2) is 80.1 Å². The van der Waals surface area contributed by atoms with Gasteiger partial charge in [0.15, 0.2) is 27.8 Å². The second kappa shape index (κ2) is 12.3. The largest absolute Gasteiger partial charge is 0.493 e. The van der Waals surface area contributed by atoms with E-state index in [1.807, 2.05) is 61.5 Å². The van der Waals surface area contributed by atoms with Crippen LogP contribution in [0.3, 0.4) is 0 Å². The highest BCUT2D eigenvalue weighted by molar-refractivity contribution is 9.10. The molecule has 0 bridgehead atoms. The van der Waals surface area contributed by atoms with Crippen molar-refractivity contribution in [3.05, 3.63) is 112 Å². The lowest BCUT2D eigenvalue weighted by Gasteiger charge is -2.24. The minimum atomic E-state index is -0.669. The van der Waals surface area contributed by atoms with Gasteiger partial charge in [0.05, 0.1) is 35.6 Å². The summed E-state index contributed by atoms with van der Waals surface area (Å²) in [5.74, 6) is 1.94. The Morgan fingerprint density at radius 2 is 1.86 bits per heavy atom. The Balaban J connectivity index is 1.37. The summed E-state index contributed by atoms with van der Waals surface area (Å²) in [5, 5.41) is 0. The Bertz CT molecular complexity index is 1980. The fourth-order valence-corrected chi connectivity index (χ4v) is 6.60. The van der Waals surface area contributed by atoms with E-state index in [0.717, 1.165) is 22.3 Å². The van der Waals surface area contributed by atoms with Crippen molar-refractivity contribution in [3.63, 3.8) is 0 Å². The van der Waals surface area contributed by atoms with Crippen molar-refractivity contribution in [3.8, 4) is 23.0 Å². The summed E-state index contributed by atoms with van der Waals surface area (Å²) in [6.45, 7) is 6.23. The number of aryl methyl sites for hydroxylation is 1. The zero-order chi connectivity index (χ0) is 31.0. The van der Waals surface area contributed by atoms with Gasteiger partial charge in [-0.05, 0) is 67.8 Å². The van der Waals surface area contributed by atoms with Crippen LogP contribution in [0.5, 0.6) is 23.0 Å². The number of ether oxygens (including phenoxy) is 5. The highest BCUT2D eigenvalue weighted by Crippen LogP contribution is 2.36. The van der Waals surface area contributed by atoms with Gasteiger partial charge in [-0.3, -0.25) is 9.36 Å². The Morgan fingerprint density at radius 1 is 1.09 bits per heavy atom. The summed E-state index contributed by atoms with van der Waals surface area (Å²) < 4.78 is 30.7. The predicted octanol–water partition coefficient (Wildman–Crippen LogP) is 5.19. The molecule has 1 atom stereocenters. The van der Waals surface area contributed by atoms with E-state index in [-0.39, 0.29) is 19.0 Å². The van der Waals surface area contributed by atoms with Crippen LogP contribution in [0.4, 0.5) is 0 Å². The molecule has 44 heavy (non-hydrogen) atoms. The van der Waals surface area contributed by atoms with Crippen molar-refractivity contribution in [1.29, 1.82) is 0 Å². The quantitative estimate of drug-likeness (QED) is 0.237. The van der Waals surface area contributed by atoms with Crippen LogP contribution < -0.4 is 33.8 Å². The normalized spacial score (nSPS) is 15.6. The van der Waals surface area contributed by atoms with E-state index in [2.05, 4.69) is 20.9 Å². The first-order valence-corrected chi connectivity index (χ1v) is 15.5. The molecule has 3 aromatic carbocycles. The molecule has 0 radical (unpaired) electrons. The second-order valence-electron chi connectivity index (χ2n) is 10.2. The molecular formula is C33H29BrN2O7S. The predicted molar refractivity (Wildman–Crippen MR) is 169 cm³/mol. The Labute approximate surface area is 265 Å². The number of halogens is 1. The standard InChI is InChI=1S/C33H29BrN2O7S/c1-5-40-32(38)29-19(3)35-33-36(30(29)21-9-6-18(2)7-10-21)31(37)28(44-33)14-22-13-25(39-4)27(15-23(22)34)41-16-20-8-11-24-26(12-20)43-17-42-24/h6-15,30H,5,16-17H2,1-4H3/b28-14+/t30-/m0/s1. The van der Waals surface area contributed by atoms with Crippen molar-refractivity contribution >= 4 is 39.3 Å². The minimum Gasteiger partial charge on any atom is -0.493 e. The zero-order valence-corrected chi connectivity index (χ0v) is 26.9. The van der Waals surface area contributed by atoms with Crippen molar-refractivity contribution in [1.82, 2.24) is 4.57 Å². The van der Waals surface area contributed by atoms with Gasteiger partial charge in [0, 0.05) is 4.47 Å². The average molecular weight is 678 g/mol. The Hall–Kier alpha value is -4.35. The maximum Gasteiger partial charge on any atom is 0.338 e. The third-order valence-electron chi connectivity index (χ3n) is 7.31. The summed E-state index contributed by atoms with van der Waals surface area (Å²) in [6.07, 6.45) is 1.79. The molecule has 3 heterocycles. The van der Waals surface area contributed by atoms with Gasteiger partial charge in [0.2, 0.25) is 6.79 Å². The number of hydrogen-bond donors (Lipinski definition) is 0. The van der Waals surface area contributed by atoms with Gasteiger partial charge in [-0.25, -0.2) is 9.79 Å². The molecular weight excluding hydrogens is 648 g/mol. The van der Waals surface area contributed by atoms with E-state index in [4.69, 9.17) is 23.7 Å². The molecule has 0 N–H and O–H groups in total. The monoisotopic (exact) mass is 676 g/mol. The molecule has 2 aliphatic rings. The number of allylic oxidation sites excluding steroid dienone is 1. The van der Waals surface area contributed by atoms with Crippen molar-refractivity contribution < 1.29 is 28.5 Å². The number of methoxy groups -OCH3 is 1. The molecule has 4 aromatic rings. The topological polar surface area (TPSA) is 97.6 Å². The van der Waals surface area contributed by atoms with Crippen LogP contribution in [0.2, 0.25) is 0 Å². The first-order valence-electron chi connectivity index (χ1n) is 13.9. The molecule has 6 rings (SSSR count). The van der Waals surface area contributed by atoms with Crippen LogP contribution in [-0.2, 0) is 16.1 Å². The van der Waals surface area contributed by atoms with E-state index in [0.29, 0.717) is 54.7 Å². The Kier molecular flexibility index (Phi) is 8.33. The summed E-state index contributed by atoms with van der Waals surface area (Å²) in [5.41, 5.74) is 4.11. The third kappa shape index (κ3) is 5.65. The van der Waals surface area contributed by atoms with E-state index in [1.54, 1.807) is 31.6 Å². The van der Waals surface area contributed by atoms with Crippen molar-refractivity contribution in [2.24, 2.45) is 4.99 Å². The number of fused-ring (bicyclic) bond motifs is 2. The maximum atomic E-state index is 14.0. The van der Waals surface area contributed by atoms with E-state index < -0.39 is 12.0 Å². The zero-order valence-electron chi connectivity index (χ0n) is 24.5. The number of carbonyl (C=O) groups is 1. The highest BCUT2D eigenvalue weighted by atomic mass is 79.9. The first-order chi connectivity index (χ1) is 21.3. The number of esters is 1. The average Bonchev–Trinajstić information content (AvgIpc) is 3.60. The SMILES string of the molecule is CCOC(=O)C1=C(C)N=c2s/c(=C/c3cc(OC)c(OCc4ccc5c(c4)OCO5)cc3Br)c(=O)n2[C@H]1c1ccc(C)cc1. The molecule has 1 aromatic heterocycles. The second-order valence-corrected chi connectivity index (χ2v) is 12.1. The van der Waals surface area contributed by atoms with Gasteiger partial charge >= 0.3 is 5.97 Å². The molecule has 0 aliphatic carbocycles. The third-order valence-corrected chi connectivity index (χ3v) is 8.98. The first kappa shape index (κ1) is 29.7. The summed E-state index contributed by atoms with van der Waals surface area (Å²) >= 11 is 4.90. The number of thiazole rings is 1. The van der Waals surface area contributed by atoms with Crippen molar-refractivity contribution in [2.45, 2.75) is 33.4 Å². The molecule has 0 fully saturated rings. The van der Waals surface area contributed by atoms with Crippen LogP contribution in [0, 0.1) is 6.92 Å². The van der Waals surface area contributed by atoms with Gasteiger partial charge in [-0.1, -0.05) is 63.2 Å². The molecule has 11 heteroatoms. The molecule has 0 saturated carbocycles. The molecule has 226 valence electrons. The van der Waals surface area contributed by atoms with Crippen LogP contribution in [0.1, 0.15) is 42.1 Å². The highest BCUT2D eigenvalue weighted by Gasteiger charge is 2.33. The Morgan fingerprint density at radius 3 is 2.61 bits per heavy atom. The number of rotatable bonds is 8. The fourth-order valence-electron chi connectivity index (χ4n) is 5.12. The molecule has 0 unspecified atom stereocenters. The smallest absolute Gasteiger partial charge is 0.338 e. The fraction of sp³-hybridized carbons (Fsp3) is 0.242. The number of carbonyl (C=O) groups excluding carboxylic acids is 1. The van der Waals surface area contributed by atoms with Gasteiger partial charge in [-0.2, -0.15) is 0 Å². The number of benzene rings is 3. The van der Waals surface area contributed by atoms with Gasteiger partial charge in [0.25, 0.3) is 5.56 Å². The van der Waals surface area contributed by atoms with Gasteiger partial charge in [-0.15, -0.1) is 0 Å². The van der Waals surface area contributed by atoms with Crippen LogP contribution in [0.25, 0.3) is 6.08 Å². The van der Waals surface area contributed by atoms with Gasteiger partial charge in [0.1, 0.15) is 6.61 Å². The molecule has 2 aliphatic heterocycles. The lowest BCUT2D eigenvalue weighted by molar-refractivity contribution is -0.139. The number of aromatic nitrogens is 1.